The number of thioether (sulfide) groups is 1. The number of nitrogens with one attached hydrogen (secondary N) is 2. The topological polar surface area (TPSA) is 115 Å². The van der Waals surface area contributed by atoms with E-state index in [1.54, 1.807) is 48.0 Å². The summed E-state index contributed by atoms with van der Waals surface area (Å²) in [7, 11) is 3.04. The molecule has 190 valence electrons. The maximum atomic E-state index is 12.9. The molecule has 0 unspecified atom stereocenters. The molecule has 36 heavy (non-hydrogen) atoms. The molecule has 0 aliphatic rings. The van der Waals surface area contributed by atoms with Crippen molar-refractivity contribution < 1.29 is 19.1 Å². The summed E-state index contributed by atoms with van der Waals surface area (Å²) in [4.78, 5) is 37.3. The monoisotopic (exact) mass is 549 g/mol. The molecular formula is C24H25Cl2N5O4S. The minimum Gasteiger partial charge on any atom is -0.465 e. The summed E-state index contributed by atoms with van der Waals surface area (Å²) in [6.07, 6.45) is 0. The van der Waals surface area contributed by atoms with Crippen LogP contribution in [0.5, 0.6) is 0 Å². The first-order chi connectivity index (χ1) is 17.1. The van der Waals surface area contributed by atoms with Crippen molar-refractivity contribution in [2.24, 2.45) is 13.0 Å². The summed E-state index contributed by atoms with van der Waals surface area (Å²) in [5.74, 6) is -0.691. The first kappa shape index (κ1) is 27.5. The lowest BCUT2D eigenvalue weighted by atomic mass is 10.0. The molecule has 2 N–H and O–H groups in total. The van der Waals surface area contributed by atoms with Crippen molar-refractivity contribution in [1.29, 1.82) is 0 Å². The molecule has 3 aromatic rings. The van der Waals surface area contributed by atoms with Gasteiger partial charge in [0.2, 0.25) is 5.91 Å². The highest BCUT2D eigenvalue weighted by molar-refractivity contribution is 7.99. The fourth-order valence-electron chi connectivity index (χ4n) is 3.34. The number of anilines is 1. The van der Waals surface area contributed by atoms with Gasteiger partial charge in [0.1, 0.15) is 0 Å². The Morgan fingerprint density at radius 2 is 1.81 bits per heavy atom. The van der Waals surface area contributed by atoms with Gasteiger partial charge >= 0.3 is 5.97 Å². The van der Waals surface area contributed by atoms with Crippen LogP contribution in [0.4, 0.5) is 5.69 Å². The van der Waals surface area contributed by atoms with E-state index >= 15 is 0 Å². The van der Waals surface area contributed by atoms with Gasteiger partial charge in [0, 0.05) is 12.1 Å². The molecule has 9 nitrogen and oxygen atoms in total. The number of nitrogens with zero attached hydrogens (tertiary/aromatic N) is 3. The van der Waals surface area contributed by atoms with Crippen LogP contribution < -0.4 is 10.6 Å². The van der Waals surface area contributed by atoms with Gasteiger partial charge in [-0.1, -0.05) is 60.9 Å². The van der Waals surface area contributed by atoms with Gasteiger partial charge in [-0.05, 0) is 36.2 Å². The number of benzene rings is 2. The van der Waals surface area contributed by atoms with E-state index in [2.05, 4.69) is 20.8 Å². The molecule has 2 amide bonds. The molecule has 0 saturated carbocycles. The third-order valence-corrected chi connectivity index (χ3v) is 6.78. The Hall–Kier alpha value is -3.08. The Kier molecular flexibility index (Phi) is 9.36. The maximum absolute atomic E-state index is 12.9. The van der Waals surface area contributed by atoms with Crippen molar-refractivity contribution in [2.45, 2.75) is 25.0 Å². The predicted molar refractivity (Wildman–Crippen MR) is 140 cm³/mol. The van der Waals surface area contributed by atoms with Crippen molar-refractivity contribution in [1.82, 2.24) is 20.1 Å². The van der Waals surface area contributed by atoms with Gasteiger partial charge in [-0.25, -0.2) is 4.79 Å². The Morgan fingerprint density at radius 3 is 2.47 bits per heavy atom. The number of para-hydroxylation sites is 1. The van der Waals surface area contributed by atoms with Gasteiger partial charge in [0.15, 0.2) is 11.0 Å². The fraction of sp³-hybridized carbons (Fsp3) is 0.292. The van der Waals surface area contributed by atoms with Crippen molar-refractivity contribution in [3.63, 3.8) is 0 Å². The van der Waals surface area contributed by atoms with Gasteiger partial charge in [0.05, 0.1) is 40.7 Å². The van der Waals surface area contributed by atoms with E-state index in [1.165, 1.54) is 24.9 Å². The minimum atomic E-state index is -0.543. The second-order valence-electron chi connectivity index (χ2n) is 8.09. The normalized spacial score (nSPS) is 11.8. The van der Waals surface area contributed by atoms with E-state index in [0.717, 1.165) is 0 Å². The molecule has 0 spiro atoms. The molecule has 1 aromatic heterocycles. The largest absolute Gasteiger partial charge is 0.465 e. The van der Waals surface area contributed by atoms with Crippen LogP contribution in [0.2, 0.25) is 10.0 Å². The van der Waals surface area contributed by atoms with E-state index in [4.69, 9.17) is 27.9 Å². The summed E-state index contributed by atoms with van der Waals surface area (Å²) in [5, 5.41) is 15.3. The van der Waals surface area contributed by atoms with Crippen LogP contribution >= 0.6 is 35.0 Å². The van der Waals surface area contributed by atoms with E-state index in [1.807, 2.05) is 13.8 Å². The lowest BCUT2D eigenvalue weighted by molar-refractivity contribution is -0.113. The average molecular weight is 550 g/mol. The SMILES string of the molecule is COC(=O)c1ccccc1NC(=O)CSc1nnc([C@@H](NC(=O)c2ccc(Cl)cc2Cl)C(C)C)n1C. The van der Waals surface area contributed by atoms with Crippen molar-refractivity contribution in [2.75, 3.05) is 18.2 Å². The second-order valence-corrected chi connectivity index (χ2v) is 9.88. The third kappa shape index (κ3) is 6.57. The van der Waals surface area contributed by atoms with Crippen LogP contribution in [0.3, 0.4) is 0 Å². The van der Waals surface area contributed by atoms with Crippen LogP contribution in [-0.4, -0.2) is 45.4 Å². The number of carbonyl (C=O) groups is 3. The van der Waals surface area contributed by atoms with E-state index < -0.39 is 12.0 Å². The lowest BCUT2D eigenvalue weighted by Crippen LogP contribution is -2.33. The summed E-state index contributed by atoms with van der Waals surface area (Å²) in [5.41, 5.74) is 0.917. The molecule has 0 saturated heterocycles. The molecule has 1 heterocycles. The first-order valence-corrected chi connectivity index (χ1v) is 12.6. The zero-order valence-electron chi connectivity index (χ0n) is 20.0. The number of ether oxygens (including phenoxy) is 1. The van der Waals surface area contributed by atoms with Crippen LogP contribution in [-0.2, 0) is 16.6 Å². The number of rotatable bonds is 9. The van der Waals surface area contributed by atoms with Gasteiger partial charge in [0.25, 0.3) is 5.91 Å². The maximum Gasteiger partial charge on any atom is 0.339 e. The van der Waals surface area contributed by atoms with Gasteiger partial charge < -0.3 is 19.9 Å². The van der Waals surface area contributed by atoms with Gasteiger partial charge in [-0.15, -0.1) is 10.2 Å². The average Bonchev–Trinajstić information content (AvgIpc) is 3.20. The summed E-state index contributed by atoms with van der Waals surface area (Å²) >= 11 is 13.3. The van der Waals surface area contributed by atoms with Crippen molar-refractivity contribution in [3.8, 4) is 0 Å². The molecule has 0 bridgehead atoms. The highest BCUT2D eigenvalue weighted by atomic mass is 35.5. The molecule has 0 radical (unpaired) electrons. The molecule has 0 aliphatic carbocycles. The standard InChI is InChI=1S/C24H25Cl2N5O4S/c1-13(2)20(28-22(33)15-10-9-14(25)11-17(15)26)21-29-30-24(31(21)3)36-12-19(32)27-18-8-6-5-7-16(18)23(34)35-4/h5-11,13,20H,12H2,1-4H3,(H,27,32)(H,28,33)/t20-/m0/s1. The molecule has 0 fully saturated rings. The summed E-state index contributed by atoms with van der Waals surface area (Å²) < 4.78 is 6.49. The Morgan fingerprint density at radius 1 is 1.08 bits per heavy atom. The molecule has 3 rings (SSSR count). The number of aromatic nitrogens is 3. The number of halogens is 2. The molecular weight excluding hydrogens is 525 g/mol. The second kappa shape index (κ2) is 12.2. The molecule has 1 atom stereocenters. The highest BCUT2D eigenvalue weighted by Crippen LogP contribution is 2.26. The Labute approximate surface area is 222 Å². The number of hydrogen-bond acceptors (Lipinski definition) is 7. The van der Waals surface area contributed by atoms with Gasteiger partial charge in [-0.3, -0.25) is 9.59 Å². The lowest BCUT2D eigenvalue weighted by Gasteiger charge is -2.22. The van der Waals surface area contributed by atoms with Crippen LogP contribution in [0.25, 0.3) is 0 Å². The summed E-state index contributed by atoms with van der Waals surface area (Å²) in [6.45, 7) is 3.89. The zero-order valence-corrected chi connectivity index (χ0v) is 22.4. The summed E-state index contributed by atoms with van der Waals surface area (Å²) in [6, 6.07) is 10.8. The smallest absolute Gasteiger partial charge is 0.339 e. The third-order valence-electron chi connectivity index (χ3n) is 5.21. The number of esters is 1. The highest BCUT2D eigenvalue weighted by Gasteiger charge is 2.26. The number of methoxy groups -OCH3 is 1. The van der Waals surface area contributed by atoms with Crippen molar-refractivity contribution in [3.05, 3.63) is 69.5 Å². The fourth-order valence-corrected chi connectivity index (χ4v) is 4.55. The molecule has 2 aromatic carbocycles. The predicted octanol–water partition coefficient (Wildman–Crippen LogP) is 4.77. The number of carbonyl (C=O) groups excluding carboxylic acids is 3. The quantitative estimate of drug-likeness (QED) is 0.292. The minimum absolute atomic E-state index is 0.0149. The number of hydrogen-bond donors (Lipinski definition) is 2. The molecule has 12 heteroatoms. The Balaban J connectivity index is 1.69. The van der Waals surface area contributed by atoms with Crippen LogP contribution in [0.15, 0.2) is 47.6 Å². The van der Waals surface area contributed by atoms with Crippen LogP contribution in [0, 0.1) is 5.92 Å². The number of amides is 2. The van der Waals surface area contributed by atoms with Gasteiger partial charge in [-0.2, -0.15) is 0 Å². The van der Waals surface area contributed by atoms with Crippen molar-refractivity contribution >= 4 is 58.4 Å². The zero-order chi connectivity index (χ0) is 26.4. The van der Waals surface area contributed by atoms with E-state index in [-0.39, 0.29) is 34.1 Å². The van der Waals surface area contributed by atoms with E-state index in [9.17, 15) is 14.4 Å². The van der Waals surface area contributed by atoms with E-state index in [0.29, 0.717) is 27.3 Å². The van der Waals surface area contributed by atoms with Crippen LogP contribution in [0.1, 0.15) is 46.4 Å². The first-order valence-electron chi connectivity index (χ1n) is 10.9. The molecule has 0 aliphatic heterocycles. The Bertz CT molecular complexity index is 1280.